The summed E-state index contributed by atoms with van der Waals surface area (Å²) in [4.78, 5) is 11.8. The second-order valence-corrected chi connectivity index (χ2v) is 8.29. The van der Waals surface area contributed by atoms with E-state index < -0.39 is 0 Å². The molecular formula is C22H28O2. The van der Waals surface area contributed by atoms with Gasteiger partial charge in [0.25, 0.3) is 0 Å². The molecule has 2 heteroatoms. The van der Waals surface area contributed by atoms with Crippen molar-refractivity contribution in [2.45, 2.75) is 63.9 Å². The van der Waals surface area contributed by atoms with Gasteiger partial charge in [-0.3, -0.25) is 4.79 Å². The number of ketones is 1. The number of carbonyl (C=O) groups excluding carboxylic acids is 1. The zero-order valence-corrected chi connectivity index (χ0v) is 15.0. The van der Waals surface area contributed by atoms with Crippen LogP contribution in [0.3, 0.4) is 0 Å². The predicted octanol–water partition coefficient (Wildman–Crippen LogP) is 4.92. The summed E-state index contributed by atoms with van der Waals surface area (Å²) in [6.45, 7) is 6.25. The lowest BCUT2D eigenvalue weighted by molar-refractivity contribution is -0.114. The fraction of sp³-hybridized carbons (Fsp3) is 0.636. The van der Waals surface area contributed by atoms with Crippen molar-refractivity contribution in [3.8, 4) is 0 Å². The number of ether oxygens (including phenoxy) is 1. The third kappa shape index (κ3) is 2.03. The van der Waals surface area contributed by atoms with Gasteiger partial charge in [-0.05, 0) is 80.1 Å². The lowest BCUT2D eigenvalue weighted by Crippen LogP contribution is -2.49. The fourth-order valence-corrected chi connectivity index (χ4v) is 6.36. The van der Waals surface area contributed by atoms with Crippen molar-refractivity contribution in [1.29, 1.82) is 0 Å². The molecule has 2 fully saturated rings. The molecule has 128 valence electrons. The summed E-state index contributed by atoms with van der Waals surface area (Å²) in [5.74, 6) is 1.68. The molecule has 0 heterocycles. The van der Waals surface area contributed by atoms with Crippen molar-refractivity contribution in [2.75, 3.05) is 7.11 Å². The summed E-state index contributed by atoms with van der Waals surface area (Å²) >= 11 is 0. The lowest BCUT2D eigenvalue weighted by Gasteiger charge is -2.52. The Morgan fingerprint density at radius 3 is 2.83 bits per heavy atom. The Morgan fingerprint density at radius 2 is 2.08 bits per heavy atom. The summed E-state index contributed by atoms with van der Waals surface area (Å²) in [6.07, 6.45) is 12.6. The smallest absolute Gasteiger partial charge is 0.156 e. The molecule has 0 N–H and O–H groups in total. The van der Waals surface area contributed by atoms with E-state index in [4.69, 9.17) is 4.74 Å². The highest BCUT2D eigenvalue weighted by Crippen LogP contribution is 2.64. The van der Waals surface area contributed by atoms with Gasteiger partial charge in [0.15, 0.2) is 5.78 Å². The van der Waals surface area contributed by atoms with Gasteiger partial charge in [-0.25, -0.2) is 0 Å². The van der Waals surface area contributed by atoms with Crippen LogP contribution in [-0.4, -0.2) is 18.5 Å². The molecule has 4 aliphatic carbocycles. The van der Waals surface area contributed by atoms with Crippen LogP contribution in [0.2, 0.25) is 0 Å². The molecule has 4 rings (SSSR count). The standard InChI is InChI=1S/C22H28O2/c1-4-11-22(24-3)13-10-20-19-7-5-15-14-16(23)6-8-17(15)18(19)9-12-21(20,22)2/h11,14,19-20H,1,5-10,12-13H2,2-3H3/t19-,20+,21+,22+/m1/s1. The highest BCUT2D eigenvalue weighted by atomic mass is 16.5. The molecule has 4 aliphatic rings. The van der Waals surface area contributed by atoms with Gasteiger partial charge in [0, 0.05) is 18.9 Å². The number of allylic oxidation sites excluding steroid dienone is 4. The average Bonchev–Trinajstić information content (AvgIpc) is 2.88. The summed E-state index contributed by atoms with van der Waals surface area (Å²) < 4.78 is 6.08. The van der Waals surface area contributed by atoms with Gasteiger partial charge < -0.3 is 4.74 Å². The van der Waals surface area contributed by atoms with Gasteiger partial charge >= 0.3 is 0 Å². The molecule has 0 unspecified atom stereocenters. The maximum absolute atomic E-state index is 11.8. The Kier molecular flexibility index (Phi) is 3.74. The van der Waals surface area contributed by atoms with Crippen LogP contribution in [0.1, 0.15) is 58.3 Å². The number of rotatable bonds is 2. The second kappa shape index (κ2) is 5.58. The second-order valence-electron chi connectivity index (χ2n) is 8.29. The number of hydrogen-bond donors (Lipinski definition) is 0. The Morgan fingerprint density at radius 1 is 1.25 bits per heavy atom. The normalized spacial score (nSPS) is 41.1. The van der Waals surface area contributed by atoms with Gasteiger partial charge in [0.2, 0.25) is 0 Å². The van der Waals surface area contributed by atoms with Crippen molar-refractivity contribution in [3.05, 3.63) is 41.2 Å². The Bertz CT molecular complexity index is 691. The Labute approximate surface area is 145 Å². The number of hydrogen-bond acceptors (Lipinski definition) is 2. The minimum absolute atomic E-state index is 0.173. The topological polar surface area (TPSA) is 26.3 Å². The molecule has 0 spiro atoms. The van der Waals surface area contributed by atoms with Crippen LogP contribution < -0.4 is 0 Å². The van der Waals surface area contributed by atoms with Crippen molar-refractivity contribution >= 4 is 5.78 Å². The minimum Gasteiger partial charge on any atom is -0.373 e. The van der Waals surface area contributed by atoms with Crippen LogP contribution in [0.4, 0.5) is 0 Å². The van der Waals surface area contributed by atoms with E-state index >= 15 is 0 Å². The van der Waals surface area contributed by atoms with E-state index in [0.29, 0.717) is 24.0 Å². The zero-order valence-electron chi connectivity index (χ0n) is 15.0. The number of fused-ring (bicyclic) bond motifs is 4. The van der Waals surface area contributed by atoms with Crippen molar-refractivity contribution in [3.63, 3.8) is 0 Å². The molecule has 0 aromatic heterocycles. The third-order valence-corrected chi connectivity index (χ3v) is 7.61. The third-order valence-electron chi connectivity index (χ3n) is 7.61. The van der Waals surface area contributed by atoms with Gasteiger partial charge in [0.1, 0.15) is 0 Å². The first-order valence-corrected chi connectivity index (χ1v) is 9.42. The van der Waals surface area contributed by atoms with Crippen LogP contribution in [0.15, 0.2) is 41.2 Å². The summed E-state index contributed by atoms with van der Waals surface area (Å²) in [5, 5.41) is 0. The van der Waals surface area contributed by atoms with E-state index in [-0.39, 0.29) is 11.0 Å². The van der Waals surface area contributed by atoms with Crippen LogP contribution in [-0.2, 0) is 9.53 Å². The van der Waals surface area contributed by atoms with E-state index in [1.807, 2.05) is 13.2 Å². The van der Waals surface area contributed by atoms with Gasteiger partial charge in [-0.1, -0.05) is 19.1 Å². The molecule has 0 aliphatic heterocycles. The van der Waals surface area contributed by atoms with Crippen LogP contribution in [0, 0.1) is 17.3 Å². The van der Waals surface area contributed by atoms with Gasteiger partial charge in [-0.15, -0.1) is 5.73 Å². The molecule has 0 amide bonds. The Hall–Kier alpha value is -1.37. The van der Waals surface area contributed by atoms with Gasteiger partial charge in [-0.2, -0.15) is 0 Å². The largest absolute Gasteiger partial charge is 0.373 e. The molecule has 0 aromatic rings. The molecule has 0 saturated heterocycles. The van der Waals surface area contributed by atoms with E-state index in [9.17, 15) is 4.79 Å². The predicted molar refractivity (Wildman–Crippen MR) is 95.6 cm³/mol. The van der Waals surface area contributed by atoms with E-state index in [2.05, 4.69) is 25.3 Å². The fourth-order valence-electron chi connectivity index (χ4n) is 6.36. The molecule has 2 nitrogen and oxygen atoms in total. The molecule has 0 aromatic carbocycles. The highest BCUT2D eigenvalue weighted by Gasteiger charge is 2.60. The van der Waals surface area contributed by atoms with Crippen LogP contribution in [0.25, 0.3) is 0 Å². The first-order valence-electron chi connectivity index (χ1n) is 9.42. The van der Waals surface area contributed by atoms with E-state index in [1.165, 1.54) is 24.8 Å². The van der Waals surface area contributed by atoms with E-state index in [1.54, 1.807) is 11.1 Å². The molecular weight excluding hydrogens is 296 g/mol. The summed E-state index contributed by atoms with van der Waals surface area (Å²) in [6, 6.07) is 0. The maximum Gasteiger partial charge on any atom is 0.156 e. The molecule has 0 bridgehead atoms. The number of carbonyl (C=O) groups is 1. The van der Waals surface area contributed by atoms with Crippen LogP contribution in [0.5, 0.6) is 0 Å². The van der Waals surface area contributed by atoms with Crippen molar-refractivity contribution in [2.24, 2.45) is 17.3 Å². The number of methoxy groups -OCH3 is 1. The quantitative estimate of drug-likeness (QED) is 0.674. The van der Waals surface area contributed by atoms with Crippen molar-refractivity contribution < 1.29 is 9.53 Å². The average molecular weight is 324 g/mol. The first-order chi connectivity index (χ1) is 11.5. The zero-order chi connectivity index (χ0) is 16.9. The minimum atomic E-state index is -0.200. The molecule has 2 saturated carbocycles. The molecule has 4 atom stereocenters. The Balaban J connectivity index is 1.75. The monoisotopic (exact) mass is 324 g/mol. The summed E-state index contributed by atoms with van der Waals surface area (Å²) in [5.41, 5.74) is 7.57. The SMILES string of the molecule is C=C=C[C@]1(OC)CC[C@H]2[C@@H]3CCC4=CC(=O)CCC4=C3CC[C@@]21C. The molecule has 24 heavy (non-hydrogen) atoms. The van der Waals surface area contributed by atoms with Crippen LogP contribution >= 0.6 is 0 Å². The summed E-state index contributed by atoms with van der Waals surface area (Å²) in [7, 11) is 1.85. The molecule has 0 radical (unpaired) electrons. The lowest BCUT2D eigenvalue weighted by atomic mass is 9.55. The maximum atomic E-state index is 11.8. The van der Waals surface area contributed by atoms with Gasteiger partial charge in [0.05, 0.1) is 5.60 Å². The van der Waals surface area contributed by atoms with E-state index in [0.717, 1.165) is 25.7 Å². The van der Waals surface area contributed by atoms with Crippen molar-refractivity contribution in [1.82, 2.24) is 0 Å². The first kappa shape index (κ1) is 16.1. The highest BCUT2D eigenvalue weighted by molar-refractivity contribution is 5.93.